The van der Waals surface area contributed by atoms with Crippen molar-refractivity contribution in [2.45, 2.75) is 24.8 Å². The maximum atomic E-state index is 14.5. The molecule has 0 fully saturated rings. The summed E-state index contributed by atoms with van der Waals surface area (Å²) < 4.78 is 47.8. The summed E-state index contributed by atoms with van der Waals surface area (Å²) in [5.41, 5.74) is 3.56. The maximum Gasteiger partial charge on any atom is 0.258 e. The number of carbonyl (C=O) groups is 2. The third kappa shape index (κ3) is 6.19. The lowest BCUT2D eigenvalue weighted by Gasteiger charge is -2.23. The molecule has 0 bridgehead atoms. The summed E-state index contributed by atoms with van der Waals surface area (Å²) in [7, 11) is -2.59. The van der Waals surface area contributed by atoms with Gasteiger partial charge >= 0.3 is 0 Å². The van der Waals surface area contributed by atoms with Crippen molar-refractivity contribution >= 4 is 33.2 Å². The second-order valence-electron chi connectivity index (χ2n) is 10.0. The van der Waals surface area contributed by atoms with Crippen molar-refractivity contribution in [1.29, 1.82) is 0 Å². The largest absolute Gasteiger partial charge is 0.497 e. The predicted octanol–water partition coefficient (Wildman–Crippen LogP) is 5.18. The summed E-state index contributed by atoms with van der Waals surface area (Å²) in [6.07, 6.45) is 0.663. The molecule has 8 nitrogen and oxygen atoms in total. The lowest BCUT2D eigenvalue weighted by atomic mass is 10.1. The third-order valence-electron chi connectivity index (χ3n) is 7.13. The van der Waals surface area contributed by atoms with E-state index in [0.717, 1.165) is 15.4 Å². The van der Waals surface area contributed by atoms with E-state index in [2.05, 4.69) is 5.32 Å². The topological polar surface area (TPSA) is 96.0 Å². The van der Waals surface area contributed by atoms with Gasteiger partial charge in [-0.3, -0.25) is 9.59 Å². The first-order valence-corrected chi connectivity index (χ1v) is 14.8. The number of benzene rings is 4. The Morgan fingerprint density at radius 1 is 0.976 bits per heavy atom. The Hall–Kier alpha value is -4.54. The number of anilines is 2. The van der Waals surface area contributed by atoms with Gasteiger partial charge in [0, 0.05) is 35.6 Å². The number of amides is 2. The van der Waals surface area contributed by atoms with Crippen LogP contribution < -0.4 is 15.0 Å². The Bertz CT molecular complexity index is 1720. The van der Waals surface area contributed by atoms with Crippen molar-refractivity contribution in [3.8, 4) is 5.75 Å². The van der Waals surface area contributed by atoms with Crippen LogP contribution in [0.5, 0.6) is 5.75 Å². The van der Waals surface area contributed by atoms with E-state index in [-0.39, 0.29) is 22.9 Å². The van der Waals surface area contributed by atoms with Crippen molar-refractivity contribution < 1.29 is 27.1 Å². The summed E-state index contributed by atoms with van der Waals surface area (Å²) in [4.78, 5) is 28.1. The molecule has 0 unspecified atom stereocenters. The fourth-order valence-corrected chi connectivity index (χ4v) is 6.19. The van der Waals surface area contributed by atoms with Gasteiger partial charge in [0.2, 0.25) is 15.9 Å². The zero-order chi connectivity index (χ0) is 29.9. The third-order valence-corrected chi connectivity index (χ3v) is 8.94. The number of rotatable bonds is 9. The van der Waals surface area contributed by atoms with Gasteiger partial charge in [-0.1, -0.05) is 42.0 Å². The molecule has 4 aromatic rings. The molecule has 5 rings (SSSR count). The predicted molar refractivity (Wildman–Crippen MR) is 159 cm³/mol. The van der Waals surface area contributed by atoms with Gasteiger partial charge in [0.25, 0.3) is 5.91 Å². The summed E-state index contributed by atoms with van der Waals surface area (Å²) in [5.74, 6) is -0.706. The number of carbonyl (C=O) groups excluding carboxylic acids is 2. The van der Waals surface area contributed by atoms with Gasteiger partial charge in [0.05, 0.1) is 18.6 Å². The molecule has 4 aromatic carbocycles. The molecule has 1 aliphatic heterocycles. The van der Waals surface area contributed by atoms with E-state index in [0.29, 0.717) is 35.7 Å². The monoisotopic (exact) mass is 587 g/mol. The number of aryl methyl sites for hydroxylation is 1. The Morgan fingerprint density at radius 2 is 1.69 bits per heavy atom. The molecule has 0 aromatic heterocycles. The van der Waals surface area contributed by atoms with Crippen molar-refractivity contribution in [1.82, 2.24) is 4.31 Å². The average Bonchev–Trinajstić information content (AvgIpc) is 3.41. The smallest absolute Gasteiger partial charge is 0.258 e. The zero-order valence-electron chi connectivity index (χ0n) is 23.2. The van der Waals surface area contributed by atoms with Gasteiger partial charge in [-0.15, -0.1) is 0 Å². The van der Waals surface area contributed by atoms with E-state index in [1.165, 1.54) is 30.3 Å². The summed E-state index contributed by atoms with van der Waals surface area (Å²) in [6, 6.07) is 24.2. The molecule has 216 valence electrons. The van der Waals surface area contributed by atoms with Crippen molar-refractivity contribution in [3.05, 3.63) is 119 Å². The molecule has 0 aliphatic carbocycles. The van der Waals surface area contributed by atoms with Crippen LogP contribution in [0, 0.1) is 12.7 Å². The minimum absolute atomic E-state index is 0.00227. The lowest BCUT2D eigenvalue weighted by molar-refractivity contribution is -0.116. The van der Waals surface area contributed by atoms with Crippen LogP contribution in [0.1, 0.15) is 27.0 Å². The maximum absolute atomic E-state index is 14.5. The molecule has 1 heterocycles. The molecule has 0 saturated heterocycles. The molecule has 1 N–H and O–H groups in total. The van der Waals surface area contributed by atoms with E-state index < -0.39 is 28.3 Å². The van der Waals surface area contributed by atoms with Crippen LogP contribution in [0.4, 0.5) is 15.8 Å². The number of methoxy groups -OCH3 is 1. The van der Waals surface area contributed by atoms with E-state index in [1.807, 2.05) is 13.0 Å². The standard InChI is InChI=1S/C32H30FN3O5S/c1-22-7-15-28(16-8-22)42(39,40)35(20-25-5-3-4-6-29(25)33)21-31(37)34-26-12-9-23-17-18-36(30(23)19-26)32(38)24-10-13-27(41-2)14-11-24/h3-16,19H,17-18,20-21H2,1-2H3,(H,34,37). The van der Waals surface area contributed by atoms with Crippen molar-refractivity contribution in [2.24, 2.45) is 0 Å². The van der Waals surface area contributed by atoms with Crippen molar-refractivity contribution in [2.75, 3.05) is 30.4 Å². The average molecular weight is 588 g/mol. The molecule has 10 heteroatoms. The number of hydrogen-bond donors (Lipinski definition) is 1. The molecule has 0 spiro atoms. The van der Waals surface area contributed by atoms with Crippen LogP contribution in [0.3, 0.4) is 0 Å². The van der Waals surface area contributed by atoms with Gasteiger partial charge in [0.1, 0.15) is 11.6 Å². The Morgan fingerprint density at radius 3 is 2.38 bits per heavy atom. The molecule has 0 atom stereocenters. The highest BCUT2D eigenvalue weighted by Gasteiger charge is 2.29. The fourth-order valence-electron chi connectivity index (χ4n) is 4.82. The molecule has 1 aliphatic rings. The van der Waals surface area contributed by atoms with Gasteiger partial charge in [-0.05, 0) is 73.5 Å². The van der Waals surface area contributed by atoms with Crippen LogP contribution in [-0.2, 0) is 27.8 Å². The molecular weight excluding hydrogens is 557 g/mol. The minimum atomic E-state index is -4.14. The number of ether oxygens (including phenoxy) is 1. The molecule has 0 saturated carbocycles. The minimum Gasteiger partial charge on any atom is -0.497 e. The quantitative estimate of drug-likeness (QED) is 0.291. The second-order valence-corrected chi connectivity index (χ2v) is 11.9. The van der Waals surface area contributed by atoms with Gasteiger partial charge in [0.15, 0.2) is 0 Å². The molecule has 2 amide bonds. The fraction of sp³-hybridized carbons (Fsp3) is 0.188. The first kappa shape index (κ1) is 29.0. The molecule has 0 radical (unpaired) electrons. The first-order valence-electron chi connectivity index (χ1n) is 13.3. The lowest BCUT2D eigenvalue weighted by Crippen LogP contribution is -2.37. The van der Waals surface area contributed by atoms with Crippen LogP contribution in [0.15, 0.2) is 95.9 Å². The highest BCUT2D eigenvalue weighted by molar-refractivity contribution is 7.89. The van der Waals surface area contributed by atoms with Gasteiger partial charge in [-0.25, -0.2) is 12.8 Å². The van der Waals surface area contributed by atoms with E-state index >= 15 is 0 Å². The van der Waals surface area contributed by atoms with E-state index in [9.17, 15) is 22.4 Å². The van der Waals surface area contributed by atoms with Gasteiger partial charge in [-0.2, -0.15) is 4.31 Å². The molecular formula is C32H30FN3O5S. The Labute approximate surface area is 244 Å². The van der Waals surface area contributed by atoms with E-state index in [4.69, 9.17) is 4.74 Å². The number of fused-ring (bicyclic) bond motifs is 1. The van der Waals surface area contributed by atoms with Crippen LogP contribution in [0.25, 0.3) is 0 Å². The zero-order valence-corrected chi connectivity index (χ0v) is 24.0. The van der Waals surface area contributed by atoms with Crippen LogP contribution in [-0.4, -0.2) is 44.7 Å². The number of hydrogen-bond acceptors (Lipinski definition) is 5. The van der Waals surface area contributed by atoms with Crippen molar-refractivity contribution in [3.63, 3.8) is 0 Å². The van der Waals surface area contributed by atoms with Gasteiger partial charge < -0.3 is 15.0 Å². The number of nitrogens with one attached hydrogen (secondary N) is 1. The van der Waals surface area contributed by atoms with Crippen LogP contribution in [0.2, 0.25) is 0 Å². The number of nitrogens with zero attached hydrogens (tertiary/aromatic N) is 2. The number of sulfonamides is 1. The molecule has 42 heavy (non-hydrogen) atoms. The Kier molecular flexibility index (Phi) is 8.37. The Balaban J connectivity index is 1.36. The highest BCUT2D eigenvalue weighted by atomic mass is 32.2. The number of halogens is 1. The van der Waals surface area contributed by atoms with Crippen LogP contribution >= 0.6 is 0 Å². The summed E-state index contributed by atoms with van der Waals surface area (Å²) in [6.45, 7) is 1.45. The highest BCUT2D eigenvalue weighted by Crippen LogP contribution is 2.32. The van der Waals surface area contributed by atoms with E-state index in [1.54, 1.807) is 66.6 Å². The summed E-state index contributed by atoms with van der Waals surface area (Å²) in [5, 5.41) is 2.76. The second kappa shape index (κ2) is 12.1. The first-order chi connectivity index (χ1) is 20.2. The normalized spacial score (nSPS) is 12.7. The summed E-state index contributed by atoms with van der Waals surface area (Å²) >= 11 is 0. The SMILES string of the molecule is COc1ccc(C(=O)N2CCc3ccc(NC(=O)CN(Cc4ccccc4F)S(=O)(=O)c4ccc(C)cc4)cc32)cc1.